The fourth-order valence-corrected chi connectivity index (χ4v) is 4.12. The lowest BCUT2D eigenvalue weighted by atomic mass is 9.85. The van der Waals surface area contributed by atoms with Gasteiger partial charge in [0, 0.05) is 38.3 Å². The van der Waals surface area contributed by atoms with E-state index in [1.54, 1.807) is 7.05 Å². The van der Waals surface area contributed by atoms with Crippen molar-refractivity contribution in [3.63, 3.8) is 0 Å². The molecule has 112 valence electrons. The van der Waals surface area contributed by atoms with E-state index in [2.05, 4.69) is 23.1 Å². The first kappa shape index (κ1) is 15.6. The van der Waals surface area contributed by atoms with Gasteiger partial charge in [0.2, 0.25) is 0 Å². The molecular formula is C14H29N3OS. The second-order valence-corrected chi connectivity index (χ2v) is 7.53. The summed E-state index contributed by atoms with van der Waals surface area (Å²) in [5, 5.41) is 9.24. The molecule has 0 aromatic heterocycles. The first-order chi connectivity index (χ1) is 9.06. The van der Waals surface area contributed by atoms with Gasteiger partial charge in [0.25, 0.3) is 0 Å². The number of hydrogen-bond acceptors (Lipinski definition) is 5. The Labute approximate surface area is 122 Å². The van der Waals surface area contributed by atoms with Crippen molar-refractivity contribution in [3.05, 3.63) is 0 Å². The SMILES string of the molecule is CC(C)C1CCN(C2CCN(SN(C)O)CC2)CC1. The molecular weight excluding hydrogens is 258 g/mol. The number of nitrogens with zero attached hydrogens (tertiary/aromatic N) is 3. The van der Waals surface area contributed by atoms with Crippen LogP contribution in [-0.2, 0) is 0 Å². The molecule has 0 saturated carbocycles. The maximum absolute atomic E-state index is 9.24. The van der Waals surface area contributed by atoms with E-state index in [1.165, 1.54) is 55.4 Å². The van der Waals surface area contributed by atoms with E-state index in [4.69, 9.17) is 0 Å². The zero-order chi connectivity index (χ0) is 13.8. The summed E-state index contributed by atoms with van der Waals surface area (Å²) in [5.74, 6) is 1.79. The molecule has 0 aromatic rings. The third-order valence-corrected chi connectivity index (χ3v) is 5.52. The van der Waals surface area contributed by atoms with Crippen molar-refractivity contribution >= 4 is 12.1 Å². The second kappa shape index (κ2) is 7.27. The Hall–Kier alpha value is 0.190. The number of hydrogen-bond donors (Lipinski definition) is 1. The van der Waals surface area contributed by atoms with Crippen LogP contribution in [0.3, 0.4) is 0 Å². The molecule has 0 spiro atoms. The van der Waals surface area contributed by atoms with Crippen molar-refractivity contribution in [3.8, 4) is 0 Å². The molecule has 2 heterocycles. The molecule has 0 atom stereocenters. The predicted octanol–water partition coefficient (Wildman–Crippen LogP) is 2.70. The van der Waals surface area contributed by atoms with E-state index in [9.17, 15) is 5.21 Å². The van der Waals surface area contributed by atoms with E-state index in [0.717, 1.165) is 31.0 Å². The lowest BCUT2D eigenvalue weighted by Gasteiger charge is -2.42. The van der Waals surface area contributed by atoms with Gasteiger partial charge in [-0.1, -0.05) is 13.8 Å². The summed E-state index contributed by atoms with van der Waals surface area (Å²) >= 11 is 1.43. The van der Waals surface area contributed by atoms with Gasteiger partial charge in [0.05, 0.1) is 0 Å². The molecule has 2 aliphatic heterocycles. The average Bonchev–Trinajstić information content (AvgIpc) is 2.39. The zero-order valence-electron chi connectivity index (χ0n) is 12.6. The highest BCUT2D eigenvalue weighted by atomic mass is 32.2. The Bertz CT molecular complexity index is 259. The molecule has 2 rings (SSSR count). The third-order valence-electron chi connectivity index (χ3n) is 4.69. The maximum Gasteiger partial charge on any atom is 0.0348 e. The Morgan fingerprint density at radius 1 is 1.05 bits per heavy atom. The van der Waals surface area contributed by atoms with Gasteiger partial charge >= 0.3 is 0 Å². The summed E-state index contributed by atoms with van der Waals surface area (Å²) in [4.78, 5) is 2.71. The molecule has 2 saturated heterocycles. The molecule has 0 radical (unpaired) electrons. The standard InChI is InChI=1S/C14H29N3OS/c1-12(2)13-4-8-16(9-5-13)14-6-10-17(11-7-14)19-15(3)18/h12-14,18H,4-11H2,1-3H3. The van der Waals surface area contributed by atoms with Gasteiger partial charge in [-0.2, -0.15) is 0 Å². The number of hydroxylamine groups is 1. The van der Waals surface area contributed by atoms with Crippen LogP contribution in [0, 0.1) is 11.8 Å². The zero-order valence-corrected chi connectivity index (χ0v) is 13.4. The normalized spacial score (nSPS) is 25.6. The Balaban J connectivity index is 1.71. The van der Waals surface area contributed by atoms with E-state index in [1.807, 2.05) is 0 Å². The van der Waals surface area contributed by atoms with Crippen molar-refractivity contribution in [1.82, 2.24) is 13.7 Å². The van der Waals surface area contributed by atoms with Crippen molar-refractivity contribution in [2.24, 2.45) is 11.8 Å². The molecule has 2 fully saturated rings. The monoisotopic (exact) mass is 287 g/mol. The highest BCUT2D eigenvalue weighted by molar-refractivity contribution is 7.94. The fraction of sp³-hybridized carbons (Fsp3) is 1.00. The van der Waals surface area contributed by atoms with Crippen LogP contribution in [0.2, 0.25) is 0 Å². The molecule has 0 aromatic carbocycles. The molecule has 0 unspecified atom stereocenters. The molecule has 5 heteroatoms. The van der Waals surface area contributed by atoms with Gasteiger partial charge in [0.1, 0.15) is 0 Å². The Morgan fingerprint density at radius 3 is 2.11 bits per heavy atom. The van der Waals surface area contributed by atoms with Gasteiger partial charge in [0.15, 0.2) is 0 Å². The molecule has 2 aliphatic rings. The van der Waals surface area contributed by atoms with Crippen LogP contribution in [-0.4, -0.2) is 58.1 Å². The molecule has 19 heavy (non-hydrogen) atoms. The quantitative estimate of drug-likeness (QED) is 0.634. The summed E-state index contributed by atoms with van der Waals surface area (Å²) in [6, 6.07) is 0.772. The lowest BCUT2D eigenvalue weighted by Crippen LogP contribution is -2.47. The molecule has 0 amide bonds. The maximum atomic E-state index is 9.24. The highest BCUT2D eigenvalue weighted by Crippen LogP contribution is 2.29. The van der Waals surface area contributed by atoms with Crippen LogP contribution >= 0.6 is 12.1 Å². The largest absolute Gasteiger partial charge is 0.302 e. The predicted molar refractivity (Wildman–Crippen MR) is 80.9 cm³/mol. The van der Waals surface area contributed by atoms with E-state index in [0.29, 0.717) is 0 Å². The number of piperidine rings is 2. The van der Waals surface area contributed by atoms with Crippen LogP contribution in [0.25, 0.3) is 0 Å². The minimum absolute atomic E-state index is 0.772. The van der Waals surface area contributed by atoms with Crippen molar-refractivity contribution in [1.29, 1.82) is 0 Å². The van der Waals surface area contributed by atoms with E-state index >= 15 is 0 Å². The topological polar surface area (TPSA) is 30.0 Å². The molecule has 1 N–H and O–H groups in total. The first-order valence-corrected chi connectivity index (χ1v) is 8.39. The Morgan fingerprint density at radius 2 is 1.63 bits per heavy atom. The minimum atomic E-state index is 0.772. The summed E-state index contributed by atoms with van der Waals surface area (Å²) in [6.07, 6.45) is 5.25. The molecule has 4 nitrogen and oxygen atoms in total. The van der Waals surface area contributed by atoms with Crippen LogP contribution in [0.1, 0.15) is 39.5 Å². The Kier molecular flexibility index (Phi) is 5.96. The van der Waals surface area contributed by atoms with Gasteiger partial charge in [-0.15, -0.1) is 4.47 Å². The minimum Gasteiger partial charge on any atom is -0.302 e. The highest BCUT2D eigenvalue weighted by Gasteiger charge is 2.29. The van der Waals surface area contributed by atoms with Gasteiger partial charge in [-0.25, -0.2) is 4.31 Å². The van der Waals surface area contributed by atoms with Crippen LogP contribution < -0.4 is 0 Å². The van der Waals surface area contributed by atoms with E-state index in [-0.39, 0.29) is 0 Å². The van der Waals surface area contributed by atoms with Gasteiger partial charge < -0.3 is 10.1 Å². The summed E-state index contributed by atoms with van der Waals surface area (Å²) in [5.41, 5.74) is 0. The second-order valence-electron chi connectivity index (χ2n) is 6.32. The van der Waals surface area contributed by atoms with Gasteiger partial charge in [-0.3, -0.25) is 0 Å². The van der Waals surface area contributed by atoms with Gasteiger partial charge in [-0.05, 0) is 50.6 Å². The number of rotatable bonds is 4. The van der Waals surface area contributed by atoms with Crippen LogP contribution in [0.5, 0.6) is 0 Å². The van der Waals surface area contributed by atoms with Crippen molar-refractivity contribution in [2.45, 2.75) is 45.6 Å². The summed E-state index contributed by atoms with van der Waals surface area (Å²) in [6.45, 7) is 9.48. The smallest absolute Gasteiger partial charge is 0.0348 e. The summed E-state index contributed by atoms with van der Waals surface area (Å²) in [7, 11) is 1.69. The van der Waals surface area contributed by atoms with Crippen LogP contribution in [0.4, 0.5) is 0 Å². The molecule has 0 aliphatic carbocycles. The average molecular weight is 287 g/mol. The van der Waals surface area contributed by atoms with Crippen LogP contribution in [0.15, 0.2) is 0 Å². The summed E-state index contributed by atoms with van der Waals surface area (Å²) < 4.78 is 3.46. The fourth-order valence-electron chi connectivity index (χ4n) is 3.41. The van der Waals surface area contributed by atoms with Crippen molar-refractivity contribution in [2.75, 3.05) is 33.2 Å². The van der Waals surface area contributed by atoms with Crippen molar-refractivity contribution < 1.29 is 5.21 Å². The first-order valence-electron chi connectivity index (χ1n) is 7.66. The number of likely N-dealkylation sites (tertiary alicyclic amines) is 1. The lowest BCUT2D eigenvalue weighted by molar-refractivity contribution is 0.0369. The third kappa shape index (κ3) is 4.60. The van der Waals surface area contributed by atoms with E-state index < -0.39 is 0 Å². The molecule has 0 bridgehead atoms.